The van der Waals surface area contributed by atoms with Crippen molar-refractivity contribution >= 4 is 22.2 Å². The Morgan fingerprint density at radius 1 is 1.42 bits per heavy atom. The zero-order chi connectivity index (χ0) is 7.56. The molecule has 0 heterocycles. The van der Waals surface area contributed by atoms with Crippen LogP contribution in [-0.2, 0) is 25.2 Å². The Balaban J connectivity index is 0. The largest absolute Gasteiger partial charge is 0.565 e. The molecule has 1 aromatic rings. The third-order valence-corrected chi connectivity index (χ3v) is 1.56. The molecule has 0 atom stereocenters. The predicted molar refractivity (Wildman–Crippen MR) is 40.6 cm³/mol. The Labute approximate surface area is 86.4 Å². The maximum absolute atomic E-state index is 10.1. The third kappa shape index (κ3) is 2.83. The van der Waals surface area contributed by atoms with E-state index < -0.39 is 0 Å². The van der Waals surface area contributed by atoms with Crippen LogP contribution < -0.4 is 0 Å². The van der Waals surface area contributed by atoms with Gasteiger partial charge in [0, 0.05) is 26.2 Å². The number of hydrogen-bond acceptors (Lipinski definition) is 2. The van der Waals surface area contributed by atoms with E-state index in [-0.39, 0.29) is 31.7 Å². The van der Waals surface area contributed by atoms with E-state index in [9.17, 15) is 4.79 Å². The van der Waals surface area contributed by atoms with Crippen molar-refractivity contribution in [2.75, 3.05) is 0 Å². The topological polar surface area (TPSA) is 37.3 Å². The minimum atomic E-state index is -0.0433. The Kier molecular flexibility index (Phi) is 6.13. The number of phenols is 1. The Hall–Kier alpha value is -1.17. The molecule has 1 rings (SSSR count). The zero-order valence-corrected chi connectivity index (χ0v) is 16.8. The van der Waals surface area contributed by atoms with Crippen molar-refractivity contribution in [2.45, 2.75) is 0 Å². The Morgan fingerprint density at radius 2 is 2.00 bits per heavy atom. The van der Waals surface area contributed by atoms with Crippen molar-refractivity contribution < 1.29 is 30.3 Å². The summed E-state index contributed by atoms with van der Waals surface area (Å²) < 4.78 is 0.753. The molecule has 0 amide bonds. The molecule has 1 aromatic carbocycles. The van der Waals surface area contributed by atoms with Crippen molar-refractivity contribution in [3.63, 3.8) is 0 Å². The van der Waals surface area contributed by atoms with Gasteiger partial charge in [-0.25, -0.2) is 0 Å². The van der Waals surface area contributed by atoms with Crippen molar-refractivity contribution in [3.05, 3.63) is 28.2 Å². The molecule has 0 aromatic heterocycles. The van der Waals surface area contributed by atoms with Gasteiger partial charge < -0.3 is 9.90 Å². The van der Waals surface area contributed by atoms with E-state index in [1.165, 1.54) is 12.1 Å². The molecule has 0 fully saturated rings. The second kappa shape index (κ2) is 5.48. The number of phenolic OH excluding ortho intramolecular Hbond substituents is 1. The van der Waals surface area contributed by atoms with Crippen LogP contribution in [0.2, 0.25) is 0 Å². The first kappa shape index (κ1) is 13.4. The summed E-state index contributed by atoms with van der Waals surface area (Å²) in [5, 5.41) is 8.95. The molecule has 0 aliphatic carbocycles. The van der Waals surface area contributed by atoms with Crippen molar-refractivity contribution in [2.24, 2.45) is 0 Å². The van der Waals surface area contributed by atoms with Gasteiger partial charge in [0.05, 0.1) is 6.29 Å². The average Bonchev–Trinajstić information content (AvgIpc) is 1.94. The molecule has 0 saturated heterocycles. The number of carbonyl (C=O) groups excluding carboxylic acids is 1. The predicted octanol–water partition coefficient (Wildman–Crippen LogP) is 1.61. The van der Waals surface area contributed by atoms with Crippen LogP contribution in [0.5, 0.6) is 5.75 Å². The quantitative estimate of drug-likeness (QED) is 0.469. The van der Waals surface area contributed by atoms with E-state index in [1.807, 2.05) is 0 Å². The summed E-state index contributed by atoms with van der Waals surface area (Å²) in [5.74, 6) is -0.0433. The Morgan fingerprint density at radius 3 is 2.42 bits per heavy atom. The van der Waals surface area contributed by atoms with E-state index in [0.717, 1.165) is 4.47 Å². The van der Waals surface area contributed by atoms with E-state index in [4.69, 9.17) is 5.11 Å². The second-order valence-electron chi connectivity index (χ2n) is 1.76. The van der Waals surface area contributed by atoms with E-state index in [1.54, 1.807) is 12.4 Å². The van der Waals surface area contributed by atoms with Crippen LogP contribution in [0.15, 0.2) is 22.7 Å². The molecular weight excluding hydrogens is 649 g/mol. The van der Waals surface area contributed by atoms with E-state index >= 15 is 0 Å². The first-order chi connectivity index (χ1) is 4.74. The van der Waals surface area contributed by atoms with Crippen LogP contribution in [0.1, 0.15) is 5.56 Å². The Bertz CT molecular complexity index is 268. The summed E-state index contributed by atoms with van der Waals surface area (Å²) in [5.41, 5.74) is 0.175. The molecule has 2 nitrogen and oxygen atoms in total. The van der Waals surface area contributed by atoms with Gasteiger partial charge in [0.2, 0.25) is 0 Å². The summed E-state index contributed by atoms with van der Waals surface area (Å²) >= 11 is 3.15. The minimum Gasteiger partial charge on any atom is -0.565 e. The minimum absolute atomic E-state index is 0. The maximum atomic E-state index is 10.1. The fourth-order valence-electron chi connectivity index (χ4n) is 0.590. The summed E-state index contributed by atoms with van der Waals surface area (Å²) in [6.07, 6.45) is 1.61. The molecule has 12 heavy (non-hydrogen) atoms. The monoisotopic (exact) mass is 653 g/mol. The van der Waals surface area contributed by atoms with Crippen LogP contribution in [0.3, 0.4) is 0 Å². The summed E-state index contributed by atoms with van der Waals surface area (Å²) in [6, 6.07) is 4.59. The van der Waals surface area contributed by atoms with Crippen LogP contribution in [-0.4, -0.2) is 11.4 Å². The number of aromatic hydroxyl groups is 1. The summed E-state index contributed by atoms with van der Waals surface area (Å²) in [6.45, 7) is 0. The molecule has 0 aliphatic rings. The number of hydrogen-bond donors (Lipinski definition) is 1. The SMILES string of the molecule is O=[C-]c1cc(Br)ccc1O.[Re].[Rf]. The summed E-state index contributed by atoms with van der Waals surface area (Å²) in [4.78, 5) is 10.1. The van der Waals surface area contributed by atoms with Gasteiger partial charge in [0.1, 0.15) is 0 Å². The fourth-order valence-corrected chi connectivity index (χ4v) is 0.951. The summed E-state index contributed by atoms with van der Waals surface area (Å²) in [7, 11) is 0. The van der Waals surface area contributed by atoms with E-state index in [0.29, 0.717) is 0 Å². The smallest absolute Gasteiger partial charge is 0.0662 e. The van der Waals surface area contributed by atoms with Gasteiger partial charge in [-0.3, -0.25) is 0 Å². The average molecular weight is 653 g/mol. The zero-order valence-electron chi connectivity index (χ0n) is 6.05. The number of rotatable bonds is 1. The van der Waals surface area contributed by atoms with Crippen LogP contribution in [0.4, 0.5) is 0 Å². The molecule has 0 saturated carbocycles. The number of halogens is 1. The first-order valence-electron chi connectivity index (χ1n) is 2.60. The fraction of sp³-hybridized carbons (Fsp3) is 0. The molecule has 5 heteroatoms. The van der Waals surface area contributed by atoms with Crippen LogP contribution >= 0.6 is 15.9 Å². The first-order valence-corrected chi connectivity index (χ1v) is 3.40. The molecule has 61 valence electrons. The molecule has 0 bridgehead atoms. The van der Waals surface area contributed by atoms with Gasteiger partial charge in [0.25, 0.3) is 0 Å². The normalized spacial score (nSPS) is 7.75. The molecular formula is C7H4BrO2ReRf-. The molecule has 1 N–H and O–H groups in total. The van der Waals surface area contributed by atoms with E-state index in [2.05, 4.69) is 15.9 Å². The van der Waals surface area contributed by atoms with Crippen molar-refractivity contribution in [3.8, 4) is 5.75 Å². The molecule has 0 unspecified atom stereocenters. The van der Waals surface area contributed by atoms with Crippen molar-refractivity contribution in [1.82, 2.24) is 0 Å². The third-order valence-electron chi connectivity index (χ3n) is 1.07. The second-order valence-corrected chi connectivity index (χ2v) is 2.68. The van der Waals surface area contributed by atoms with Gasteiger partial charge >= 0.3 is 0 Å². The van der Waals surface area contributed by atoms with Crippen LogP contribution in [0.25, 0.3) is 0 Å². The maximum Gasteiger partial charge on any atom is 0.0662 e. The van der Waals surface area contributed by atoms with Gasteiger partial charge in [0.15, 0.2) is 0 Å². The number of benzene rings is 1. The van der Waals surface area contributed by atoms with Crippen LogP contribution in [0, 0.1) is 0 Å². The van der Waals surface area contributed by atoms with Gasteiger partial charge in [-0.05, 0) is 4.47 Å². The standard InChI is InChI=1S/C7H4BrO2.Re.Rf/c8-6-1-2-7(10)5(3-6)4-9;;/h1-3,10H;;/q-1;;. The molecule has 0 spiro atoms. The molecule has 0 aliphatic heterocycles. The van der Waals surface area contributed by atoms with Gasteiger partial charge in [-0.15, -0.1) is 11.6 Å². The van der Waals surface area contributed by atoms with Gasteiger partial charge in [-0.2, -0.15) is 0 Å². The molecule has 1 radical (unpaired) electrons. The van der Waals surface area contributed by atoms with Crippen molar-refractivity contribution in [1.29, 1.82) is 0 Å². The van der Waals surface area contributed by atoms with Gasteiger partial charge in [-0.1, -0.05) is 28.1 Å².